The van der Waals surface area contributed by atoms with Crippen LogP contribution in [0, 0.1) is 0 Å². The zero-order chi connectivity index (χ0) is 19.0. The average Bonchev–Trinajstić information content (AvgIpc) is 3.48. The molecule has 1 aliphatic carbocycles. The lowest BCUT2D eigenvalue weighted by atomic mass is 10.2. The minimum atomic E-state index is -0.459. The minimum Gasteiger partial charge on any atom is -0.322 e. The molecule has 3 aromatic rings. The van der Waals surface area contributed by atoms with Crippen molar-refractivity contribution in [3.8, 4) is 0 Å². The van der Waals surface area contributed by atoms with Crippen molar-refractivity contribution >= 4 is 45.9 Å². The Bertz CT molecular complexity index is 1080. The molecule has 2 heterocycles. The Morgan fingerprint density at radius 1 is 1.30 bits per heavy atom. The summed E-state index contributed by atoms with van der Waals surface area (Å²) in [6.45, 7) is 1.78. The van der Waals surface area contributed by atoms with Gasteiger partial charge in [-0.25, -0.2) is 9.97 Å². The number of carbonyl (C=O) groups is 1. The number of rotatable bonds is 5. The van der Waals surface area contributed by atoms with E-state index in [4.69, 9.17) is 11.6 Å². The Hall–Kier alpha value is -2.38. The van der Waals surface area contributed by atoms with Crippen LogP contribution in [0.5, 0.6) is 0 Å². The maximum absolute atomic E-state index is 12.9. The lowest BCUT2D eigenvalue weighted by Gasteiger charge is -2.16. The summed E-state index contributed by atoms with van der Waals surface area (Å²) in [6, 6.07) is 10.9. The minimum absolute atomic E-state index is 0.0477. The predicted molar refractivity (Wildman–Crippen MR) is 107 cm³/mol. The summed E-state index contributed by atoms with van der Waals surface area (Å²) in [5.74, 6) is -0.223. The molecular weight excluding hydrogens is 384 g/mol. The molecule has 4 rings (SSSR count). The van der Waals surface area contributed by atoms with Gasteiger partial charge in [-0.3, -0.25) is 14.2 Å². The monoisotopic (exact) mass is 400 g/mol. The first-order valence-electron chi connectivity index (χ1n) is 8.64. The average molecular weight is 401 g/mol. The molecule has 0 aliphatic heterocycles. The predicted octanol–water partition coefficient (Wildman–Crippen LogP) is 3.90. The number of fused-ring (bicyclic) bond motifs is 1. The van der Waals surface area contributed by atoms with Gasteiger partial charge in [-0.15, -0.1) is 0 Å². The first-order chi connectivity index (χ1) is 13.0. The van der Waals surface area contributed by atoms with E-state index in [0.717, 1.165) is 12.8 Å². The highest BCUT2D eigenvalue weighted by Crippen LogP contribution is 2.37. The van der Waals surface area contributed by atoms with Gasteiger partial charge >= 0.3 is 0 Å². The SMILES string of the molecule is C[C@H](Sc1nc2ccccc2c(=O)n1C1CC1)C(=O)Nc1cccnc1Cl. The number of benzene rings is 1. The summed E-state index contributed by atoms with van der Waals surface area (Å²) >= 11 is 7.28. The van der Waals surface area contributed by atoms with E-state index in [9.17, 15) is 9.59 Å². The van der Waals surface area contributed by atoms with Gasteiger partial charge in [0.1, 0.15) is 0 Å². The van der Waals surface area contributed by atoms with Crippen LogP contribution in [0.3, 0.4) is 0 Å². The number of hydrogen-bond donors (Lipinski definition) is 1. The Labute approximate surface area is 165 Å². The third-order valence-corrected chi connectivity index (χ3v) is 5.72. The Balaban J connectivity index is 1.62. The summed E-state index contributed by atoms with van der Waals surface area (Å²) in [4.78, 5) is 34.1. The molecule has 6 nitrogen and oxygen atoms in total. The van der Waals surface area contributed by atoms with Crippen LogP contribution in [0.25, 0.3) is 10.9 Å². The molecule has 1 atom stereocenters. The van der Waals surface area contributed by atoms with E-state index in [-0.39, 0.29) is 22.7 Å². The van der Waals surface area contributed by atoms with Crippen LogP contribution in [-0.4, -0.2) is 25.7 Å². The van der Waals surface area contributed by atoms with Crippen molar-refractivity contribution < 1.29 is 4.79 Å². The smallest absolute Gasteiger partial charge is 0.262 e. The summed E-state index contributed by atoms with van der Waals surface area (Å²) in [6.07, 6.45) is 3.47. The second kappa shape index (κ2) is 7.32. The van der Waals surface area contributed by atoms with Crippen molar-refractivity contribution in [1.29, 1.82) is 0 Å². The standard InChI is InChI=1S/C19H17ClN4O2S/c1-11(17(25)22-15-7-4-10-21-16(15)20)27-19-23-14-6-3-2-5-13(14)18(26)24(19)12-8-9-12/h2-7,10-12H,8-9H2,1H3,(H,22,25)/t11-/m0/s1. The van der Waals surface area contributed by atoms with E-state index in [1.807, 2.05) is 18.2 Å². The van der Waals surface area contributed by atoms with Crippen LogP contribution >= 0.6 is 23.4 Å². The van der Waals surface area contributed by atoms with E-state index in [1.165, 1.54) is 11.8 Å². The van der Waals surface area contributed by atoms with E-state index in [0.29, 0.717) is 21.7 Å². The van der Waals surface area contributed by atoms with Crippen molar-refractivity contribution in [2.24, 2.45) is 0 Å². The first kappa shape index (κ1) is 18.0. The number of amides is 1. The number of para-hydroxylation sites is 1. The molecule has 0 unspecified atom stereocenters. The molecule has 0 saturated heterocycles. The van der Waals surface area contributed by atoms with Gasteiger partial charge in [-0.1, -0.05) is 35.5 Å². The quantitative estimate of drug-likeness (QED) is 0.399. The number of hydrogen-bond acceptors (Lipinski definition) is 5. The number of nitrogens with zero attached hydrogens (tertiary/aromatic N) is 3. The lowest BCUT2D eigenvalue weighted by molar-refractivity contribution is -0.115. The fraction of sp³-hybridized carbons (Fsp3) is 0.263. The summed E-state index contributed by atoms with van der Waals surface area (Å²) in [5.41, 5.74) is 1.06. The number of anilines is 1. The fourth-order valence-electron chi connectivity index (χ4n) is 2.79. The number of carbonyl (C=O) groups excluding carboxylic acids is 1. The third kappa shape index (κ3) is 3.70. The van der Waals surface area contributed by atoms with Crippen LogP contribution in [0.15, 0.2) is 52.5 Å². The molecule has 138 valence electrons. The number of aromatic nitrogens is 3. The highest BCUT2D eigenvalue weighted by atomic mass is 35.5. The molecular formula is C19H17ClN4O2S. The molecule has 8 heteroatoms. The number of pyridine rings is 1. The van der Waals surface area contributed by atoms with Crippen LogP contribution in [0.1, 0.15) is 25.8 Å². The van der Waals surface area contributed by atoms with Crippen LogP contribution < -0.4 is 10.9 Å². The molecule has 1 aliphatic rings. The van der Waals surface area contributed by atoms with Crippen molar-refractivity contribution in [2.45, 2.75) is 36.2 Å². The molecule has 27 heavy (non-hydrogen) atoms. The molecule has 1 saturated carbocycles. The summed E-state index contributed by atoms with van der Waals surface area (Å²) in [7, 11) is 0. The van der Waals surface area contributed by atoms with Crippen molar-refractivity contribution in [3.05, 3.63) is 58.1 Å². The van der Waals surface area contributed by atoms with Gasteiger partial charge < -0.3 is 5.32 Å². The Kier molecular flexibility index (Phi) is 4.88. The molecule has 1 amide bonds. The van der Waals surface area contributed by atoms with Gasteiger partial charge in [-0.2, -0.15) is 0 Å². The van der Waals surface area contributed by atoms with E-state index < -0.39 is 5.25 Å². The molecule has 1 aromatic carbocycles. The highest BCUT2D eigenvalue weighted by molar-refractivity contribution is 8.00. The van der Waals surface area contributed by atoms with Crippen LogP contribution in [0.2, 0.25) is 5.15 Å². The van der Waals surface area contributed by atoms with Gasteiger partial charge in [0.05, 0.1) is 21.8 Å². The number of nitrogens with one attached hydrogen (secondary N) is 1. The van der Waals surface area contributed by atoms with Gasteiger partial charge in [-0.05, 0) is 44.0 Å². The van der Waals surface area contributed by atoms with Crippen LogP contribution in [-0.2, 0) is 4.79 Å². The second-order valence-corrected chi connectivity index (χ2v) is 8.07. The Morgan fingerprint density at radius 2 is 2.07 bits per heavy atom. The summed E-state index contributed by atoms with van der Waals surface area (Å²) < 4.78 is 1.73. The fourth-order valence-corrected chi connectivity index (χ4v) is 3.93. The molecule has 1 N–H and O–H groups in total. The van der Waals surface area contributed by atoms with Crippen LogP contribution in [0.4, 0.5) is 5.69 Å². The van der Waals surface area contributed by atoms with Crippen molar-refractivity contribution in [2.75, 3.05) is 5.32 Å². The lowest BCUT2D eigenvalue weighted by Crippen LogP contribution is -2.26. The normalized spacial score (nSPS) is 14.9. The van der Waals surface area contributed by atoms with Crippen molar-refractivity contribution in [1.82, 2.24) is 14.5 Å². The molecule has 2 aromatic heterocycles. The second-order valence-electron chi connectivity index (χ2n) is 6.41. The van der Waals surface area contributed by atoms with Gasteiger partial charge in [0.15, 0.2) is 10.3 Å². The number of halogens is 1. The zero-order valence-electron chi connectivity index (χ0n) is 14.6. The molecule has 0 radical (unpaired) electrons. The van der Waals surface area contributed by atoms with E-state index >= 15 is 0 Å². The van der Waals surface area contributed by atoms with Gasteiger partial charge in [0.25, 0.3) is 5.56 Å². The largest absolute Gasteiger partial charge is 0.322 e. The van der Waals surface area contributed by atoms with Crippen molar-refractivity contribution in [3.63, 3.8) is 0 Å². The van der Waals surface area contributed by atoms with E-state index in [2.05, 4.69) is 15.3 Å². The van der Waals surface area contributed by atoms with Gasteiger partial charge in [0, 0.05) is 12.2 Å². The molecule has 0 spiro atoms. The van der Waals surface area contributed by atoms with E-state index in [1.54, 1.807) is 35.9 Å². The first-order valence-corrected chi connectivity index (χ1v) is 9.89. The highest BCUT2D eigenvalue weighted by Gasteiger charge is 2.30. The topological polar surface area (TPSA) is 76.9 Å². The zero-order valence-corrected chi connectivity index (χ0v) is 16.1. The third-order valence-electron chi connectivity index (χ3n) is 4.36. The molecule has 1 fully saturated rings. The number of thioether (sulfide) groups is 1. The Morgan fingerprint density at radius 3 is 2.81 bits per heavy atom. The summed E-state index contributed by atoms with van der Waals surface area (Å²) in [5, 5.41) is 3.73. The van der Waals surface area contributed by atoms with Gasteiger partial charge in [0.2, 0.25) is 5.91 Å². The maximum atomic E-state index is 12.9. The molecule has 0 bridgehead atoms. The maximum Gasteiger partial charge on any atom is 0.262 e.